The van der Waals surface area contributed by atoms with Crippen LogP contribution in [0.2, 0.25) is 0 Å². The Hall–Kier alpha value is -3.09. The monoisotopic (exact) mass is 339 g/mol. The highest BCUT2D eigenvalue weighted by molar-refractivity contribution is 5.78. The molecule has 0 radical (unpaired) electrons. The molecule has 1 amide bonds. The lowest BCUT2D eigenvalue weighted by Crippen LogP contribution is -2.29. The van der Waals surface area contributed by atoms with Gasteiger partial charge in [-0.3, -0.25) is 9.78 Å². The number of pyridine rings is 1. The molecule has 3 rings (SSSR count). The fourth-order valence-electron chi connectivity index (χ4n) is 2.41. The Balaban J connectivity index is 1.55. The number of rotatable bonds is 6. The van der Waals surface area contributed by atoms with Crippen LogP contribution in [0.15, 0.2) is 54.9 Å². The standard InChI is InChI=1S/C18H18FN5O/c1-13(18-16(19)8-5-9-20-18)11-21-17(25)10-14-12-22-24(23-14)15-6-3-2-4-7-15/h2-9,12-13H,10-11H2,1H3,(H,21,25). The van der Waals surface area contributed by atoms with Crippen molar-refractivity contribution in [3.63, 3.8) is 0 Å². The molecule has 0 aliphatic carbocycles. The molecule has 0 aliphatic rings. The number of para-hydroxylation sites is 1. The molecule has 1 aromatic carbocycles. The maximum atomic E-state index is 13.7. The van der Waals surface area contributed by atoms with Crippen molar-refractivity contribution in [3.05, 3.63) is 72.1 Å². The lowest BCUT2D eigenvalue weighted by molar-refractivity contribution is -0.120. The molecule has 1 unspecified atom stereocenters. The molecule has 7 heteroatoms. The van der Waals surface area contributed by atoms with Crippen LogP contribution in [0.1, 0.15) is 24.2 Å². The molecule has 0 bridgehead atoms. The van der Waals surface area contributed by atoms with Crippen molar-refractivity contribution in [1.82, 2.24) is 25.3 Å². The summed E-state index contributed by atoms with van der Waals surface area (Å²) in [7, 11) is 0. The van der Waals surface area contributed by atoms with Crippen LogP contribution in [-0.4, -0.2) is 32.4 Å². The van der Waals surface area contributed by atoms with E-state index >= 15 is 0 Å². The van der Waals surface area contributed by atoms with Gasteiger partial charge in [0.2, 0.25) is 5.91 Å². The SMILES string of the molecule is CC(CNC(=O)Cc1cnn(-c2ccccc2)n1)c1ncccc1F. The second-order valence-corrected chi connectivity index (χ2v) is 5.71. The number of aromatic nitrogens is 4. The number of carbonyl (C=O) groups is 1. The number of benzene rings is 1. The van der Waals surface area contributed by atoms with Crippen LogP contribution in [0.5, 0.6) is 0 Å². The molecule has 0 saturated carbocycles. The van der Waals surface area contributed by atoms with E-state index < -0.39 is 0 Å². The lowest BCUT2D eigenvalue weighted by Gasteiger charge is -2.12. The Bertz CT molecular complexity index is 849. The predicted molar refractivity (Wildman–Crippen MR) is 90.7 cm³/mol. The molecule has 0 spiro atoms. The zero-order valence-corrected chi connectivity index (χ0v) is 13.8. The number of carbonyl (C=O) groups excluding carboxylic acids is 1. The van der Waals surface area contributed by atoms with Gasteiger partial charge in [-0.2, -0.15) is 15.0 Å². The number of hydrogen-bond acceptors (Lipinski definition) is 4. The summed E-state index contributed by atoms with van der Waals surface area (Å²) in [6.45, 7) is 2.12. The molecule has 128 valence electrons. The van der Waals surface area contributed by atoms with Gasteiger partial charge in [-0.1, -0.05) is 25.1 Å². The number of amides is 1. The van der Waals surface area contributed by atoms with Crippen molar-refractivity contribution in [2.45, 2.75) is 19.3 Å². The van der Waals surface area contributed by atoms with Gasteiger partial charge in [0.15, 0.2) is 0 Å². The van der Waals surface area contributed by atoms with Crippen LogP contribution in [0.25, 0.3) is 5.69 Å². The Labute approximate surface area is 144 Å². The van der Waals surface area contributed by atoms with Crippen LogP contribution >= 0.6 is 0 Å². The van der Waals surface area contributed by atoms with Crippen LogP contribution < -0.4 is 5.32 Å². The second-order valence-electron chi connectivity index (χ2n) is 5.71. The molecule has 3 aromatic rings. The van der Waals surface area contributed by atoms with Gasteiger partial charge >= 0.3 is 0 Å². The zero-order valence-electron chi connectivity index (χ0n) is 13.8. The summed E-state index contributed by atoms with van der Waals surface area (Å²) in [6.07, 6.45) is 3.22. The van der Waals surface area contributed by atoms with Crippen molar-refractivity contribution in [2.75, 3.05) is 6.54 Å². The van der Waals surface area contributed by atoms with E-state index in [-0.39, 0.29) is 24.1 Å². The summed E-state index contributed by atoms with van der Waals surface area (Å²) in [5.41, 5.74) is 1.74. The van der Waals surface area contributed by atoms with Crippen molar-refractivity contribution in [3.8, 4) is 5.69 Å². The Morgan fingerprint density at radius 3 is 2.80 bits per heavy atom. The van der Waals surface area contributed by atoms with E-state index in [1.165, 1.54) is 10.9 Å². The molecule has 0 saturated heterocycles. The van der Waals surface area contributed by atoms with Crippen molar-refractivity contribution < 1.29 is 9.18 Å². The van der Waals surface area contributed by atoms with E-state index in [1.807, 2.05) is 37.3 Å². The molecule has 1 N–H and O–H groups in total. The first-order valence-corrected chi connectivity index (χ1v) is 7.97. The van der Waals surface area contributed by atoms with Gasteiger partial charge in [0.05, 0.1) is 29.7 Å². The minimum absolute atomic E-state index is 0.115. The molecular weight excluding hydrogens is 321 g/mol. The average molecular weight is 339 g/mol. The van der Waals surface area contributed by atoms with Gasteiger partial charge < -0.3 is 5.32 Å². The number of nitrogens with zero attached hydrogens (tertiary/aromatic N) is 4. The largest absolute Gasteiger partial charge is 0.355 e. The third-order valence-corrected chi connectivity index (χ3v) is 3.73. The molecule has 25 heavy (non-hydrogen) atoms. The van der Waals surface area contributed by atoms with Crippen LogP contribution in [-0.2, 0) is 11.2 Å². The number of nitrogens with one attached hydrogen (secondary N) is 1. The summed E-state index contributed by atoms with van der Waals surface area (Å²) in [6, 6.07) is 12.4. The van der Waals surface area contributed by atoms with E-state index in [4.69, 9.17) is 0 Å². The molecule has 0 aliphatic heterocycles. The molecule has 6 nitrogen and oxygen atoms in total. The second kappa shape index (κ2) is 7.65. The van der Waals surface area contributed by atoms with Gasteiger partial charge in [-0.25, -0.2) is 4.39 Å². The molecule has 2 aromatic heterocycles. The van der Waals surface area contributed by atoms with E-state index in [9.17, 15) is 9.18 Å². The fourth-order valence-corrected chi connectivity index (χ4v) is 2.41. The fraction of sp³-hybridized carbons (Fsp3) is 0.222. The highest BCUT2D eigenvalue weighted by atomic mass is 19.1. The topological polar surface area (TPSA) is 72.7 Å². The third kappa shape index (κ3) is 4.26. The van der Waals surface area contributed by atoms with Crippen LogP contribution in [0, 0.1) is 5.82 Å². The third-order valence-electron chi connectivity index (χ3n) is 3.73. The van der Waals surface area contributed by atoms with E-state index in [0.29, 0.717) is 17.9 Å². The predicted octanol–water partition coefficient (Wildman–Crippen LogP) is 2.26. The molecule has 1 atom stereocenters. The van der Waals surface area contributed by atoms with Crippen LogP contribution in [0.3, 0.4) is 0 Å². The summed E-state index contributed by atoms with van der Waals surface area (Å²) < 4.78 is 13.7. The normalized spacial score (nSPS) is 11.9. The van der Waals surface area contributed by atoms with Gasteiger partial charge in [0.1, 0.15) is 5.82 Å². The number of halogens is 1. The van der Waals surface area contributed by atoms with E-state index in [0.717, 1.165) is 5.69 Å². The smallest absolute Gasteiger partial charge is 0.226 e. The summed E-state index contributed by atoms with van der Waals surface area (Å²) in [5.74, 6) is -0.775. The highest BCUT2D eigenvalue weighted by Gasteiger charge is 2.14. The Morgan fingerprint density at radius 2 is 2.04 bits per heavy atom. The zero-order chi connectivity index (χ0) is 17.6. The first kappa shape index (κ1) is 16.8. The Kier molecular flexibility index (Phi) is 5.13. The van der Waals surface area contributed by atoms with Gasteiger partial charge in [-0.15, -0.1) is 0 Å². The van der Waals surface area contributed by atoms with Crippen molar-refractivity contribution >= 4 is 5.91 Å². The quantitative estimate of drug-likeness (QED) is 0.748. The minimum Gasteiger partial charge on any atom is -0.355 e. The molecular formula is C18H18FN5O. The maximum Gasteiger partial charge on any atom is 0.226 e. The minimum atomic E-state index is -0.366. The summed E-state index contributed by atoms with van der Waals surface area (Å²) in [5, 5.41) is 11.2. The first-order valence-electron chi connectivity index (χ1n) is 7.97. The van der Waals surface area contributed by atoms with Crippen molar-refractivity contribution in [1.29, 1.82) is 0 Å². The first-order chi connectivity index (χ1) is 12.1. The van der Waals surface area contributed by atoms with E-state index in [2.05, 4.69) is 20.5 Å². The molecule has 0 fully saturated rings. The highest BCUT2D eigenvalue weighted by Crippen LogP contribution is 2.14. The van der Waals surface area contributed by atoms with Gasteiger partial charge in [-0.05, 0) is 24.3 Å². The maximum absolute atomic E-state index is 13.7. The summed E-state index contributed by atoms with van der Waals surface area (Å²) >= 11 is 0. The van der Waals surface area contributed by atoms with Gasteiger partial charge in [0.25, 0.3) is 0 Å². The van der Waals surface area contributed by atoms with Crippen LogP contribution in [0.4, 0.5) is 4.39 Å². The number of hydrogen-bond donors (Lipinski definition) is 1. The lowest BCUT2D eigenvalue weighted by atomic mass is 10.1. The van der Waals surface area contributed by atoms with Gasteiger partial charge in [0, 0.05) is 18.7 Å². The average Bonchev–Trinajstić information content (AvgIpc) is 3.09. The summed E-state index contributed by atoms with van der Waals surface area (Å²) in [4.78, 5) is 17.6. The molecule has 2 heterocycles. The van der Waals surface area contributed by atoms with E-state index in [1.54, 1.807) is 18.5 Å². The Morgan fingerprint density at radius 1 is 1.24 bits per heavy atom. The van der Waals surface area contributed by atoms with Crippen molar-refractivity contribution in [2.24, 2.45) is 0 Å².